The summed E-state index contributed by atoms with van der Waals surface area (Å²) in [4.78, 5) is 32.7. The SMILES string of the molecule is O=C1CCCCCN1CCC(=O)N1CCCC1c1cccnc1. The standard InChI is InChI=1S/C18H25N3O2/c22-17-8-2-1-3-11-20(17)13-9-18(23)21-12-5-7-16(21)15-6-4-10-19-14-15/h4,6,10,14,16H,1-3,5,7-9,11-13H2. The van der Waals surface area contributed by atoms with Gasteiger partial charge in [0.1, 0.15) is 0 Å². The zero-order chi connectivity index (χ0) is 16.1. The lowest BCUT2D eigenvalue weighted by Gasteiger charge is -2.27. The molecule has 2 aliphatic rings. The van der Waals surface area contributed by atoms with Gasteiger partial charge in [0.05, 0.1) is 6.04 Å². The van der Waals surface area contributed by atoms with Crippen LogP contribution < -0.4 is 0 Å². The predicted octanol–water partition coefficient (Wildman–Crippen LogP) is 2.54. The molecule has 23 heavy (non-hydrogen) atoms. The van der Waals surface area contributed by atoms with Crippen LogP contribution in [0.3, 0.4) is 0 Å². The lowest BCUT2D eigenvalue weighted by atomic mass is 10.1. The number of rotatable bonds is 4. The molecule has 5 nitrogen and oxygen atoms in total. The number of hydrogen-bond acceptors (Lipinski definition) is 3. The number of likely N-dealkylation sites (tertiary alicyclic amines) is 2. The van der Waals surface area contributed by atoms with Crippen LogP contribution in [0.25, 0.3) is 0 Å². The molecule has 0 bridgehead atoms. The Bertz CT molecular complexity index is 546. The fraction of sp³-hybridized carbons (Fsp3) is 0.611. The summed E-state index contributed by atoms with van der Waals surface area (Å²) in [5, 5.41) is 0. The first kappa shape index (κ1) is 16.0. The van der Waals surface area contributed by atoms with Crippen molar-refractivity contribution in [3.05, 3.63) is 30.1 Å². The van der Waals surface area contributed by atoms with Gasteiger partial charge in [-0.15, -0.1) is 0 Å². The van der Waals surface area contributed by atoms with Crippen LogP contribution >= 0.6 is 0 Å². The van der Waals surface area contributed by atoms with Crippen LogP contribution in [-0.4, -0.2) is 46.2 Å². The summed E-state index contributed by atoms with van der Waals surface area (Å²) in [7, 11) is 0. The number of nitrogens with zero attached hydrogens (tertiary/aromatic N) is 3. The van der Waals surface area contributed by atoms with E-state index < -0.39 is 0 Å². The smallest absolute Gasteiger partial charge is 0.224 e. The van der Waals surface area contributed by atoms with Gasteiger partial charge in [0, 0.05) is 44.9 Å². The molecule has 0 radical (unpaired) electrons. The van der Waals surface area contributed by atoms with E-state index in [9.17, 15) is 9.59 Å². The maximum atomic E-state index is 12.6. The van der Waals surface area contributed by atoms with Crippen molar-refractivity contribution < 1.29 is 9.59 Å². The van der Waals surface area contributed by atoms with Crippen LogP contribution in [0.15, 0.2) is 24.5 Å². The molecule has 0 spiro atoms. The molecule has 2 fully saturated rings. The van der Waals surface area contributed by atoms with Crippen molar-refractivity contribution in [2.45, 2.75) is 51.0 Å². The van der Waals surface area contributed by atoms with Crippen molar-refractivity contribution in [3.63, 3.8) is 0 Å². The van der Waals surface area contributed by atoms with Crippen molar-refractivity contribution >= 4 is 11.8 Å². The molecular weight excluding hydrogens is 290 g/mol. The lowest BCUT2D eigenvalue weighted by Crippen LogP contribution is -2.36. The first-order chi connectivity index (χ1) is 11.3. The molecular formula is C18H25N3O2. The maximum absolute atomic E-state index is 12.6. The Balaban J connectivity index is 1.58. The van der Waals surface area contributed by atoms with Gasteiger partial charge in [0.15, 0.2) is 0 Å². The van der Waals surface area contributed by atoms with Crippen molar-refractivity contribution in [2.75, 3.05) is 19.6 Å². The minimum absolute atomic E-state index is 0.149. The fourth-order valence-corrected chi connectivity index (χ4v) is 3.63. The fourth-order valence-electron chi connectivity index (χ4n) is 3.63. The Morgan fingerprint density at radius 2 is 2.13 bits per heavy atom. The van der Waals surface area contributed by atoms with E-state index in [0.29, 0.717) is 19.4 Å². The number of carbonyl (C=O) groups excluding carboxylic acids is 2. The molecule has 1 aromatic rings. The highest BCUT2D eigenvalue weighted by Crippen LogP contribution is 2.31. The van der Waals surface area contributed by atoms with Crippen LogP contribution in [0.2, 0.25) is 0 Å². The molecule has 5 heteroatoms. The second-order valence-corrected chi connectivity index (χ2v) is 6.47. The molecule has 2 saturated heterocycles. The number of aromatic nitrogens is 1. The van der Waals surface area contributed by atoms with Crippen LogP contribution in [0, 0.1) is 0 Å². The zero-order valence-corrected chi connectivity index (χ0v) is 13.6. The third-order valence-electron chi connectivity index (χ3n) is 4.91. The van der Waals surface area contributed by atoms with Gasteiger partial charge in [0.2, 0.25) is 11.8 Å². The van der Waals surface area contributed by atoms with E-state index in [1.165, 1.54) is 0 Å². The normalized spacial score (nSPS) is 22.3. The summed E-state index contributed by atoms with van der Waals surface area (Å²) in [6.07, 6.45) is 9.88. The van der Waals surface area contributed by atoms with Gasteiger partial charge in [-0.2, -0.15) is 0 Å². The van der Waals surface area contributed by atoms with Crippen LogP contribution in [0.1, 0.15) is 56.6 Å². The monoisotopic (exact) mass is 315 g/mol. The summed E-state index contributed by atoms with van der Waals surface area (Å²) in [6, 6.07) is 4.12. The molecule has 2 aliphatic heterocycles. The molecule has 124 valence electrons. The maximum Gasteiger partial charge on any atom is 0.224 e. The van der Waals surface area contributed by atoms with Crippen LogP contribution in [0.5, 0.6) is 0 Å². The first-order valence-corrected chi connectivity index (χ1v) is 8.73. The van der Waals surface area contributed by atoms with Gasteiger partial charge in [0.25, 0.3) is 0 Å². The van der Waals surface area contributed by atoms with Crippen LogP contribution in [0.4, 0.5) is 0 Å². The summed E-state index contributed by atoms with van der Waals surface area (Å²) >= 11 is 0. The van der Waals surface area contributed by atoms with Gasteiger partial charge < -0.3 is 9.80 Å². The highest BCUT2D eigenvalue weighted by Gasteiger charge is 2.30. The average molecular weight is 315 g/mol. The summed E-state index contributed by atoms with van der Waals surface area (Å²) < 4.78 is 0. The number of carbonyl (C=O) groups is 2. The summed E-state index contributed by atoms with van der Waals surface area (Å²) in [5.41, 5.74) is 1.11. The zero-order valence-electron chi connectivity index (χ0n) is 13.6. The van der Waals surface area contributed by atoms with Crippen molar-refractivity contribution in [2.24, 2.45) is 0 Å². The average Bonchev–Trinajstić information content (AvgIpc) is 2.98. The third-order valence-corrected chi connectivity index (χ3v) is 4.91. The molecule has 2 amide bonds. The quantitative estimate of drug-likeness (QED) is 0.858. The molecule has 3 rings (SSSR count). The number of hydrogen-bond donors (Lipinski definition) is 0. The molecule has 1 aromatic heterocycles. The predicted molar refractivity (Wildman–Crippen MR) is 87.6 cm³/mol. The Kier molecular flexibility index (Phi) is 5.26. The van der Waals surface area contributed by atoms with E-state index >= 15 is 0 Å². The van der Waals surface area contributed by atoms with E-state index in [4.69, 9.17) is 0 Å². The second-order valence-electron chi connectivity index (χ2n) is 6.47. The van der Waals surface area contributed by atoms with E-state index in [-0.39, 0.29) is 17.9 Å². The molecule has 0 saturated carbocycles. The summed E-state index contributed by atoms with van der Waals surface area (Å²) in [5.74, 6) is 0.369. The molecule has 3 heterocycles. The Morgan fingerprint density at radius 1 is 1.22 bits per heavy atom. The minimum atomic E-state index is 0.149. The molecule has 1 unspecified atom stereocenters. The number of amides is 2. The van der Waals surface area contributed by atoms with Crippen molar-refractivity contribution in [3.8, 4) is 0 Å². The topological polar surface area (TPSA) is 53.5 Å². The van der Waals surface area contributed by atoms with Gasteiger partial charge in [-0.3, -0.25) is 14.6 Å². The van der Waals surface area contributed by atoms with Gasteiger partial charge in [-0.1, -0.05) is 12.5 Å². The Morgan fingerprint density at radius 3 is 2.96 bits per heavy atom. The Hall–Kier alpha value is -1.91. The summed E-state index contributed by atoms with van der Waals surface area (Å²) in [6.45, 7) is 2.18. The molecule has 1 atom stereocenters. The van der Waals surface area contributed by atoms with Gasteiger partial charge >= 0.3 is 0 Å². The molecule has 0 aromatic carbocycles. The van der Waals surface area contributed by atoms with Crippen LogP contribution in [-0.2, 0) is 9.59 Å². The highest BCUT2D eigenvalue weighted by atomic mass is 16.2. The lowest BCUT2D eigenvalue weighted by molar-refractivity contribution is -0.134. The van der Waals surface area contributed by atoms with Crippen molar-refractivity contribution in [1.29, 1.82) is 0 Å². The van der Waals surface area contributed by atoms with E-state index in [1.54, 1.807) is 6.20 Å². The van der Waals surface area contributed by atoms with Gasteiger partial charge in [-0.25, -0.2) is 0 Å². The molecule has 0 aliphatic carbocycles. The molecule has 0 N–H and O–H groups in total. The van der Waals surface area contributed by atoms with E-state index in [2.05, 4.69) is 4.98 Å². The third kappa shape index (κ3) is 3.89. The first-order valence-electron chi connectivity index (χ1n) is 8.73. The number of pyridine rings is 1. The minimum Gasteiger partial charge on any atom is -0.342 e. The van der Waals surface area contributed by atoms with Gasteiger partial charge in [-0.05, 0) is 37.3 Å². The highest BCUT2D eigenvalue weighted by molar-refractivity contribution is 5.79. The van der Waals surface area contributed by atoms with E-state index in [0.717, 1.165) is 50.8 Å². The largest absolute Gasteiger partial charge is 0.342 e. The Labute approximate surface area is 137 Å². The second kappa shape index (κ2) is 7.57. The van der Waals surface area contributed by atoms with E-state index in [1.807, 2.05) is 28.1 Å². The van der Waals surface area contributed by atoms with Crippen molar-refractivity contribution in [1.82, 2.24) is 14.8 Å².